The minimum atomic E-state index is 0.00402. The molecule has 0 aromatic heterocycles. The van der Waals surface area contributed by atoms with Gasteiger partial charge in [-0.15, -0.1) is 0 Å². The lowest BCUT2D eigenvalue weighted by atomic mass is 10.1. The second-order valence-electron chi connectivity index (χ2n) is 7.19. The summed E-state index contributed by atoms with van der Waals surface area (Å²) in [7, 11) is 0. The van der Waals surface area contributed by atoms with Crippen LogP contribution in [-0.4, -0.2) is 36.6 Å². The van der Waals surface area contributed by atoms with Crippen LogP contribution in [0.2, 0.25) is 0 Å². The van der Waals surface area contributed by atoms with Gasteiger partial charge in [0.15, 0.2) is 0 Å². The molecule has 1 N–H and O–H groups in total. The number of fused-ring (bicyclic) bond motifs is 2. The lowest BCUT2D eigenvalue weighted by Crippen LogP contribution is -2.46. The average Bonchev–Trinajstić information content (AvgIpc) is 3.26. The molecule has 1 unspecified atom stereocenters. The zero-order chi connectivity index (χ0) is 19.5. The van der Waals surface area contributed by atoms with Gasteiger partial charge in [0.2, 0.25) is 0 Å². The highest BCUT2D eigenvalue weighted by Gasteiger charge is 2.32. The van der Waals surface area contributed by atoms with Crippen LogP contribution in [0.15, 0.2) is 64.4 Å². The maximum atomic E-state index is 12.6. The highest BCUT2D eigenvalue weighted by atomic mass is 32.2. The van der Waals surface area contributed by atoms with Crippen LogP contribution in [0.1, 0.15) is 37.0 Å². The van der Waals surface area contributed by atoms with Crippen LogP contribution in [0.4, 0.5) is 11.4 Å². The lowest BCUT2D eigenvalue weighted by molar-refractivity contribution is 0.0953. The molecule has 0 fully saturated rings. The maximum Gasteiger partial charge on any atom is 0.251 e. The van der Waals surface area contributed by atoms with E-state index in [9.17, 15) is 4.79 Å². The number of nitrogens with one attached hydrogen (secondary N) is 1. The van der Waals surface area contributed by atoms with Gasteiger partial charge in [-0.05, 0) is 43.2 Å². The molecule has 2 aromatic rings. The smallest absolute Gasteiger partial charge is 0.251 e. The summed E-state index contributed by atoms with van der Waals surface area (Å²) in [5, 5.41) is 3.00. The van der Waals surface area contributed by atoms with Gasteiger partial charge >= 0.3 is 0 Å². The van der Waals surface area contributed by atoms with Crippen molar-refractivity contribution in [3.05, 3.63) is 60.2 Å². The van der Waals surface area contributed by atoms with Crippen LogP contribution < -0.4 is 10.2 Å². The molecule has 0 radical (unpaired) electrons. The monoisotopic (exact) mass is 393 g/mol. The SMILES string of the molecule is CCCNC(=O)c1ccc2c(c1)N(C(CC)N1CC=CC1)c1ccccc1S2. The summed E-state index contributed by atoms with van der Waals surface area (Å²) >= 11 is 1.79. The van der Waals surface area contributed by atoms with E-state index in [-0.39, 0.29) is 12.1 Å². The first kappa shape index (κ1) is 19.1. The van der Waals surface area contributed by atoms with E-state index in [1.54, 1.807) is 11.8 Å². The van der Waals surface area contributed by atoms with E-state index in [4.69, 9.17) is 0 Å². The third kappa shape index (κ3) is 3.56. The average molecular weight is 394 g/mol. The highest BCUT2D eigenvalue weighted by molar-refractivity contribution is 7.99. The van der Waals surface area contributed by atoms with Gasteiger partial charge in [-0.25, -0.2) is 0 Å². The van der Waals surface area contributed by atoms with Crippen molar-refractivity contribution in [2.45, 2.75) is 42.6 Å². The van der Waals surface area contributed by atoms with Gasteiger partial charge in [0.05, 0.1) is 17.5 Å². The zero-order valence-corrected chi connectivity index (χ0v) is 17.3. The van der Waals surface area contributed by atoms with E-state index in [1.165, 1.54) is 15.5 Å². The van der Waals surface area contributed by atoms with Crippen molar-refractivity contribution in [2.75, 3.05) is 24.5 Å². The Morgan fingerprint density at radius 3 is 2.57 bits per heavy atom. The van der Waals surface area contributed by atoms with E-state index in [1.807, 2.05) is 6.07 Å². The van der Waals surface area contributed by atoms with Crippen molar-refractivity contribution in [1.82, 2.24) is 10.2 Å². The summed E-state index contributed by atoms with van der Waals surface area (Å²) in [4.78, 5) is 20.0. The van der Waals surface area contributed by atoms with Crippen molar-refractivity contribution >= 4 is 29.0 Å². The van der Waals surface area contributed by atoms with Gasteiger partial charge in [0, 0.05) is 35.0 Å². The van der Waals surface area contributed by atoms with E-state index in [2.05, 4.69) is 77.5 Å². The largest absolute Gasteiger partial charge is 0.352 e. The second kappa shape index (κ2) is 8.41. The van der Waals surface area contributed by atoms with Crippen LogP contribution in [-0.2, 0) is 0 Å². The molecule has 5 heteroatoms. The van der Waals surface area contributed by atoms with Gasteiger partial charge < -0.3 is 10.2 Å². The quantitative estimate of drug-likeness (QED) is 0.698. The summed E-state index contributed by atoms with van der Waals surface area (Å²) in [5.74, 6) is 0.00402. The number of hydrogen-bond donors (Lipinski definition) is 1. The number of para-hydroxylation sites is 1. The Labute approximate surface area is 171 Å². The number of nitrogens with zero attached hydrogens (tertiary/aromatic N) is 2. The van der Waals surface area contributed by atoms with E-state index < -0.39 is 0 Å². The van der Waals surface area contributed by atoms with Crippen molar-refractivity contribution in [2.24, 2.45) is 0 Å². The normalized spacial score (nSPS) is 16.6. The van der Waals surface area contributed by atoms with Crippen molar-refractivity contribution in [1.29, 1.82) is 0 Å². The molecule has 2 aliphatic rings. The Morgan fingerprint density at radius 2 is 1.82 bits per heavy atom. The lowest BCUT2D eigenvalue weighted by Gasteiger charge is -2.42. The molecule has 2 aliphatic heterocycles. The molecule has 4 nitrogen and oxygen atoms in total. The summed E-state index contributed by atoms with van der Waals surface area (Å²) in [6.45, 7) is 6.95. The Bertz CT molecular complexity index is 887. The fourth-order valence-corrected chi connectivity index (χ4v) is 4.98. The topological polar surface area (TPSA) is 35.6 Å². The molecule has 28 heavy (non-hydrogen) atoms. The zero-order valence-electron chi connectivity index (χ0n) is 16.5. The van der Waals surface area contributed by atoms with Crippen molar-refractivity contribution < 1.29 is 4.79 Å². The van der Waals surface area contributed by atoms with E-state index in [0.29, 0.717) is 6.54 Å². The maximum absolute atomic E-state index is 12.6. The minimum absolute atomic E-state index is 0.00402. The molecule has 0 saturated carbocycles. The number of anilines is 2. The predicted molar refractivity (Wildman–Crippen MR) is 117 cm³/mol. The third-order valence-electron chi connectivity index (χ3n) is 5.29. The van der Waals surface area contributed by atoms with E-state index in [0.717, 1.165) is 37.2 Å². The highest BCUT2D eigenvalue weighted by Crippen LogP contribution is 2.49. The first-order valence-corrected chi connectivity index (χ1v) is 10.9. The third-order valence-corrected chi connectivity index (χ3v) is 6.42. The molecule has 1 atom stereocenters. The molecule has 0 saturated heterocycles. The Morgan fingerprint density at radius 1 is 1.07 bits per heavy atom. The fourth-order valence-electron chi connectivity index (χ4n) is 3.93. The van der Waals surface area contributed by atoms with Crippen LogP contribution in [0, 0.1) is 0 Å². The molecule has 0 aliphatic carbocycles. The summed E-state index contributed by atoms with van der Waals surface area (Å²) in [6.07, 6.45) is 6.67. The number of rotatable bonds is 6. The minimum Gasteiger partial charge on any atom is -0.352 e. The summed E-state index contributed by atoms with van der Waals surface area (Å²) < 4.78 is 0. The van der Waals surface area contributed by atoms with Crippen molar-refractivity contribution in [3.8, 4) is 0 Å². The molecule has 146 valence electrons. The molecule has 1 amide bonds. The van der Waals surface area contributed by atoms with E-state index >= 15 is 0 Å². The first-order valence-electron chi connectivity index (χ1n) is 10.1. The predicted octanol–water partition coefficient (Wildman–Crippen LogP) is 5.04. The van der Waals surface area contributed by atoms with Gasteiger partial charge in [0.1, 0.15) is 0 Å². The second-order valence-corrected chi connectivity index (χ2v) is 8.28. The molecule has 2 heterocycles. The molecule has 0 spiro atoms. The molecule has 4 rings (SSSR count). The Hall–Kier alpha value is -2.24. The summed E-state index contributed by atoms with van der Waals surface area (Å²) in [5.41, 5.74) is 3.09. The number of carbonyl (C=O) groups excluding carboxylic acids is 1. The van der Waals surface area contributed by atoms with Crippen molar-refractivity contribution in [3.63, 3.8) is 0 Å². The van der Waals surface area contributed by atoms with Crippen LogP contribution in [0.3, 0.4) is 0 Å². The van der Waals surface area contributed by atoms with Crippen LogP contribution in [0.5, 0.6) is 0 Å². The fraction of sp³-hybridized carbons (Fsp3) is 0.348. The first-order chi connectivity index (χ1) is 13.7. The number of amides is 1. The van der Waals surface area contributed by atoms with Gasteiger partial charge in [0.25, 0.3) is 5.91 Å². The Kier molecular flexibility index (Phi) is 5.74. The molecule has 0 bridgehead atoms. The summed E-state index contributed by atoms with van der Waals surface area (Å²) in [6, 6.07) is 14.7. The van der Waals surface area contributed by atoms with Gasteiger partial charge in [-0.3, -0.25) is 9.69 Å². The standard InChI is InChI=1S/C23H27N3OS/c1-3-13-24-23(27)17-11-12-21-19(16-17)26(18-9-5-6-10-20(18)28-21)22(4-2)25-14-7-8-15-25/h5-12,16,22H,3-4,13-15H2,1-2H3,(H,24,27). The number of hydrogen-bond acceptors (Lipinski definition) is 4. The van der Waals surface area contributed by atoms with Gasteiger partial charge in [-0.2, -0.15) is 0 Å². The van der Waals surface area contributed by atoms with Gasteiger partial charge in [-0.1, -0.05) is 49.9 Å². The number of carbonyl (C=O) groups is 1. The number of benzene rings is 2. The Balaban J connectivity index is 1.77. The molecule has 2 aromatic carbocycles. The molecular weight excluding hydrogens is 366 g/mol. The van der Waals surface area contributed by atoms with Crippen LogP contribution in [0.25, 0.3) is 0 Å². The molecular formula is C23H27N3OS. The van der Waals surface area contributed by atoms with Crippen LogP contribution >= 0.6 is 11.8 Å².